The molecule has 1 heterocycles. The van der Waals surface area contributed by atoms with Gasteiger partial charge in [0, 0.05) is 6.61 Å². The summed E-state index contributed by atoms with van der Waals surface area (Å²) in [6.07, 6.45) is 11.2. The highest BCUT2D eigenvalue weighted by molar-refractivity contribution is 4.82. The molecule has 5 heteroatoms. The molecule has 4 atom stereocenters. The third-order valence-electron chi connectivity index (χ3n) is 4.73. The summed E-state index contributed by atoms with van der Waals surface area (Å²) < 4.78 is 10.7. The summed E-state index contributed by atoms with van der Waals surface area (Å²) >= 11 is 0. The molecule has 3 N–H and O–H groups in total. The molecule has 0 radical (unpaired) electrons. The minimum atomic E-state index is -1.19. The van der Waals surface area contributed by atoms with E-state index in [0.29, 0.717) is 6.61 Å². The van der Waals surface area contributed by atoms with Crippen molar-refractivity contribution < 1.29 is 24.8 Å². The van der Waals surface area contributed by atoms with Gasteiger partial charge in [-0.3, -0.25) is 0 Å². The van der Waals surface area contributed by atoms with Gasteiger partial charge in [0.1, 0.15) is 18.3 Å². The van der Waals surface area contributed by atoms with Crippen LogP contribution in [0, 0.1) is 0 Å². The second-order valence-corrected chi connectivity index (χ2v) is 7.01. The highest BCUT2D eigenvalue weighted by Gasteiger charge is 2.37. The molecular weight excluding hydrogens is 308 g/mol. The van der Waals surface area contributed by atoms with Gasteiger partial charge in [-0.15, -0.1) is 0 Å². The first-order chi connectivity index (χ1) is 11.7. The molecule has 1 rings (SSSR count). The van der Waals surface area contributed by atoms with Crippen molar-refractivity contribution >= 4 is 0 Å². The molecule has 0 aromatic heterocycles. The van der Waals surface area contributed by atoms with Gasteiger partial charge in [0.25, 0.3) is 0 Å². The Morgan fingerprint density at radius 3 is 1.79 bits per heavy atom. The van der Waals surface area contributed by atoms with Gasteiger partial charge < -0.3 is 24.8 Å². The Morgan fingerprint density at radius 1 is 0.750 bits per heavy atom. The highest BCUT2D eigenvalue weighted by atomic mass is 16.7. The zero-order valence-electron chi connectivity index (χ0n) is 15.4. The number of aliphatic hydroxyl groups excluding tert-OH is 3. The third kappa shape index (κ3) is 9.33. The van der Waals surface area contributed by atoms with Crippen LogP contribution in [0.1, 0.15) is 84.0 Å². The molecular formula is C19H38O5. The summed E-state index contributed by atoms with van der Waals surface area (Å²) in [6.45, 7) is 2.77. The fourth-order valence-corrected chi connectivity index (χ4v) is 3.07. The first-order valence-corrected chi connectivity index (χ1v) is 9.94. The Hall–Kier alpha value is -0.200. The van der Waals surface area contributed by atoms with Gasteiger partial charge in [-0.25, -0.2) is 0 Å². The maximum Gasteiger partial charge on any atom is 0.186 e. The maximum absolute atomic E-state index is 9.74. The zero-order chi connectivity index (χ0) is 17.6. The molecule has 0 spiro atoms. The topological polar surface area (TPSA) is 79.2 Å². The Kier molecular flexibility index (Phi) is 12.8. The van der Waals surface area contributed by atoms with Crippen molar-refractivity contribution in [3.63, 3.8) is 0 Å². The number of ether oxygens (including phenoxy) is 2. The first kappa shape index (κ1) is 21.8. The molecule has 144 valence electrons. The number of unbranched alkanes of at least 4 members (excludes halogenated alkanes) is 11. The Bertz CT molecular complexity index is 287. The van der Waals surface area contributed by atoms with E-state index in [0.717, 1.165) is 12.8 Å². The number of rotatable bonds is 14. The molecule has 0 bridgehead atoms. The molecule has 0 aliphatic carbocycles. The van der Waals surface area contributed by atoms with E-state index in [1.54, 1.807) is 0 Å². The van der Waals surface area contributed by atoms with Crippen molar-refractivity contribution in [2.24, 2.45) is 0 Å². The fourth-order valence-electron chi connectivity index (χ4n) is 3.07. The minimum Gasteiger partial charge on any atom is -0.388 e. The van der Waals surface area contributed by atoms with E-state index < -0.39 is 24.6 Å². The Balaban J connectivity index is 1.84. The molecule has 24 heavy (non-hydrogen) atoms. The average molecular weight is 347 g/mol. The van der Waals surface area contributed by atoms with Crippen LogP contribution in [0.25, 0.3) is 0 Å². The quantitative estimate of drug-likeness (QED) is 0.421. The van der Waals surface area contributed by atoms with Gasteiger partial charge >= 0.3 is 0 Å². The first-order valence-electron chi connectivity index (χ1n) is 9.94. The van der Waals surface area contributed by atoms with E-state index in [4.69, 9.17) is 9.47 Å². The SMILES string of the molecule is CCCCCCCCCCCCCCOC1OC[C@@H](O)[C@H](O)[C@@H]1O. The summed E-state index contributed by atoms with van der Waals surface area (Å²) in [5.41, 5.74) is 0. The molecule has 0 saturated carbocycles. The predicted octanol–water partition coefficient (Wildman–Crippen LogP) is 3.14. The van der Waals surface area contributed by atoms with E-state index in [1.165, 1.54) is 64.2 Å². The monoisotopic (exact) mass is 346 g/mol. The van der Waals surface area contributed by atoms with E-state index in [1.807, 2.05) is 0 Å². The zero-order valence-corrected chi connectivity index (χ0v) is 15.4. The standard InChI is InChI=1S/C19H38O5/c1-2-3-4-5-6-7-8-9-10-11-12-13-14-23-19-18(22)17(21)16(20)15-24-19/h16-22H,2-15H2,1H3/t16-,17+,18+,19?/m1/s1. The van der Waals surface area contributed by atoms with Crippen molar-refractivity contribution in [3.8, 4) is 0 Å². The van der Waals surface area contributed by atoms with E-state index in [9.17, 15) is 15.3 Å². The molecule has 1 aliphatic rings. The predicted molar refractivity (Wildman–Crippen MR) is 94.8 cm³/mol. The van der Waals surface area contributed by atoms with Crippen molar-refractivity contribution in [2.75, 3.05) is 13.2 Å². The van der Waals surface area contributed by atoms with Crippen LogP contribution in [0.5, 0.6) is 0 Å². The summed E-state index contributed by atoms with van der Waals surface area (Å²) in [5.74, 6) is 0. The van der Waals surface area contributed by atoms with E-state index in [-0.39, 0.29) is 6.61 Å². The molecule has 0 amide bonds. The van der Waals surface area contributed by atoms with Gasteiger partial charge in [0.05, 0.1) is 6.61 Å². The van der Waals surface area contributed by atoms with Gasteiger partial charge in [-0.2, -0.15) is 0 Å². The minimum absolute atomic E-state index is 0.00133. The Morgan fingerprint density at radius 2 is 1.25 bits per heavy atom. The third-order valence-corrected chi connectivity index (χ3v) is 4.73. The van der Waals surface area contributed by atoms with Crippen molar-refractivity contribution in [1.82, 2.24) is 0 Å². The lowest BCUT2D eigenvalue weighted by molar-refractivity contribution is -0.270. The second-order valence-electron chi connectivity index (χ2n) is 7.01. The van der Waals surface area contributed by atoms with Gasteiger partial charge in [0.15, 0.2) is 6.29 Å². The fraction of sp³-hybridized carbons (Fsp3) is 1.00. The van der Waals surface area contributed by atoms with Crippen molar-refractivity contribution in [2.45, 2.75) is 109 Å². The van der Waals surface area contributed by atoms with Crippen LogP contribution in [-0.4, -0.2) is 53.1 Å². The maximum atomic E-state index is 9.74. The molecule has 0 aromatic carbocycles. The largest absolute Gasteiger partial charge is 0.388 e. The van der Waals surface area contributed by atoms with Crippen LogP contribution in [-0.2, 0) is 9.47 Å². The molecule has 0 aromatic rings. The highest BCUT2D eigenvalue weighted by Crippen LogP contribution is 2.17. The summed E-state index contributed by atoms with van der Waals surface area (Å²) in [5, 5.41) is 28.7. The second kappa shape index (κ2) is 14.0. The summed E-state index contributed by atoms with van der Waals surface area (Å²) in [4.78, 5) is 0. The van der Waals surface area contributed by atoms with Crippen molar-refractivity contribution in [3.05, 3.63) is 0 Å². The van der Waals surface area contributed by atoms with Gasteiger partial charge in [-0.05, 0) is 6.42 Å². The molecule has 1 fully saturated rings. The molecule has 1 unspecified atom stereocenters. The van der Waals surface area contributed by atoms with Crippen LogP contribution in [0.15, 0.2) is 0 Å². The van der Waals surface area contributed by atoms with Crippen LogP contribution in [0.3, 0.4) is 0 Å². The van der Waals surface area contributed by atoms with Crippen molar-refractivity contribution in [1.29, 1.82) is 0 Å². The van der Waals surface area contributed by atoms with E-state index >= 15 is 0 Å². The lowest BCUT2D eigenvalue weighted by Crippen LogP contribution is -2.53. The molecule has 1 saturated heterocycles. The number of aliphatic hydroxyl groups is 3. The van der Waals surface area contributed by atoms with Crippen LogP contribution in [0.4, 0.5) is 0 Å². The number of hydrogen-bond acceptors (Lipinski definition) is 5. The van der Waals surface area contributed by atoms with Crippen LogP contribution in [0.2, 0.25) is 0 Å². The lowest BCUT2D eigenvalue weighted by Gasteiger charge is -2.34. The normalized spacial score (nSPS) is 27.5. The molecule has 1 aliphatic heterocycles. The average Bonchev–Trinajstić information content (AvgIpc) is 2.58. The number of hydrogen-bond donors (Lipinski definition) is 3. The van der Waals surface area contributed by atoms with Gasteiger partial charge in [-0.1, -0.05) is 77.6 Å². The van der Waals surface area contributed by atoms with Crippen LogP contribution < -0.4 is 0 Å². The van der Waals surface area contributed by atoms with Gasteiger partial charge in [0.2, 0.25) is 0 Å². The van der Waals surface area contributed by atoms with E-state index in [2.05, 4.69) is 6.92 Å². The summed E-state index contributed by atoms with van der Waals surface area (Å²) in [7, 11) is 0. The van der Waals surface area contributed by atoms with Crippen LogP contribution >= 0.6 is 0 Å². The smallest absolute Gasteiger partial charge is 0.186 e. The molecule has 5 nitrogen and oxygen atoms in total. The lowest BCUT2D eigenvalue weighted by atomic mass is 10.1. The summed E-state index contributed by atoms with van der Waals surface area (Å²) in [6, 6.07) is 0. The Labute approximate surface area is 147 Å².